The standard InChI is InChI=1S/C13H16N2S2/c1-9-10(6-7-16-9)14-8-13-15-11-4-2-3-5-12(11)17-13/h2-5,9-10,14H,6-8H2,1H3. The Morgan fingerprint density at radius 2 is 2.29 bits per heavy atom. The number of rotatable bonds is 3. The van der Waals surface area contributed by atoms with Crippen molar-refractivity contribution in [3.05, 3.63) is 29.3 Å². The van der Waals surface area contributed by atoms with Crippen molar-refractivity contribution in [2.75, 3.05) is 5.75 Å². The first kappa shape index (κ1) is 11.5. The van der Waals surface area contributed by atoms with Gasteiger partial charge in [0.25, 0.3) is 0 Å². The summed E-state index contributed by atoms with van der Waals surface area (Å²) in [7, 11) is 0. The molecular weight excluding hydrogens is 248 g/mol. The highest BCUT2D eigenvalue weighted by molar-refractivity contribution is 8.00. The van der Waals surface area contributed by atoms with E-state index >= 15 is 0 Å². The van der Waals surface area contributed by atoms with E-state index in [1.807, 2.05) is 0 Å². The van der Waals surface area contributed by atoms with E-state index in [0.717, 1.165) is 17.3 Å². The molecule has 0 spiro atoms. The Morgan fingerprint density at radius 1 is 1.41 bits per heavy atom. The third-order valence-electron chi connectivity index (χ3n) is 3.23. The van der Waals surface area contributed by atoms with Crippen LogP contribution < -0.4 is 5.32 Å². The van der Waals surface area contributed by atoms with Crippen molar-refractivity contribution in [2.45, 2.75) is 31.2 Å². The number of nitrogens with zero attached hydrogens (tertiary/aromatic N) is 1. The molecular formula is C13H16N2S2. The third kappa shape index (κ3) is 2.49. The van der Waals surface area contributed by atoms with E-state index in [9.17, 15) is 0 Å². The molecule has 3 rings (SSSR count). The Balaban J connectivity index is 1.68. The van der Waals surface area contributed by atoms with E-state index < -0.39 is 0 Å². The number of benzene rings is 1. The van der Waals surface area contributed by atoms with Gasteiger partial charge in [0.15, 0.2) is 0 Å². The van der Waals surface area contributed by atoms with E-state index in [4.69, 9.17) is 0 Å². The highest BCUT2D eigenvalue weighted by atomic mass is 32.2. The summed E-state index contributed by atoms with van der Waals surface area (Å²) in [5.41, 5.74) is 1.13. The van der Waals surface area contributed by atoms with Crippen LogP contribution in [0.15, 0.2) is 24.3 Å². The van der Waals surface area contributed by atoms with Crippen molar-refractivity contribution in [2.24, 2.45) is 0 Å². The van der Waals surface area contributed by atoms with E-state index in [1.54, 1.807) is 11.3 Å². The Labute approximate surface area is 110 Å². The van der Waals surface area contributed by atoms with Gasteiger partial charge in [0.2, 0.25) is 0 Å². The van der Waals surface area contributed by atoms with Crippen molar-refractivity contribution in [1.29, 1.82) is 0 Å². The number of para-hydroxylation sites is 1. The van der Waals surface area contributed by atoms with Crippen LogP contribution in [0.1, 0.15) is 18.4 Å². The molecule has 4 heteroatoms. The van der Waals surface area contributed by atoms with Gasteiger partial charge in [-0.1, -0.05) is 19.1 Å². The number of nitrogens with one attached hydrogen (secondary N) is 1. The fraction of sp³-hybridized carbons (Fsp3) is 0.462. The minimum absolute atomic E-state index is 0.659. The molecule has 2 unspecified atom stereocenters. The van der Waals surface area contributed by atoms with Crippen LogP contribution in [-0.2, 0) is 6.54 Å². The van der Waals surface area contributed by atoms with Crippen LogP contribution in [0.2, 0.25) is 0 Å². The normalized spacial score (nSPS) is 24.5. The smallest absolute Gasteiger partial charge is 0.108 e. The second kappa shape index (κ2) is 4.96. The largest absolute Gasteiger partial charge is 0.307 e. The van der Waals surface area contributed by atoms with E-state index in [1.165, 1.54) is 21.9 Å². The maximum absolute atomic E-state index is 4.65. The SMILES string of the molecule is CC1SCCC1NCc1nc2ccccc2s1. The Hall–Kier alpha value is -0.580. The van der Waals surface area contributed by atoms with Crippen molar-refractivity contribution in [3.63, 3.8) is 0 Å². The molecule has 1 aliphatic rings. The highest BCUT2D eigenvalue weighted by Gasteiger charge is 2.23. The van der Waals surface area contributed by atoms with Crippen LogP contribution in [0.5, 0.6) is 0 Å². The van der Waals surface area contributed by atoms with Crippen molar-refractivity contribution in [1.82, 2.24) is 10.3 Å². The van der Waals surface area contributed by atoms with Gasteiger partial charge in [-0.05, 0) is 24.3 Å². The molecule has 1 saturated heterocycles. The topological polar surface area (TPSA) is 24.9 Å². The first-order valence-electron chi connectivity index (χ1n) is 6.02. The second-order valence-electron chi connectivity index (χ2n) is 4.43. The quantitative estimate of drug-likeness (QED) is 0.921. The fourth-order valence-corrected chi connectivity index (χ4v) is 4.36. The van der Waals surface area contributed by atoms with E-state index in [0.29, 0.717) is 6.04 Å². The number of thioether (sulfide) groups is 1. The molecule has 90 valence electrons. The van der Waals surface area contributed by atoms with E-state index in [-0.39, 0.29) is 0 Å². The summed E-state index contributed by atoms with van der Waals surface area (Å²) in [4.78, 5) is 4.65. The summed E-state index contributed by atoms with van der Waals surface area (Å²) in [6.45, 7) is 3.22. The lowest BCUT2D eigenvalue weighted by atomic mass is 10.2. The van der Waals surface area contributed by atoms with Crippen LogP contribution >= 0.6 is 23.1 Å². The van der Waals surface area contributed by atoms with Crippen molar-refractivity contribution in [3.8, 4) is 0 Å². The lowest BCUT2D eigenvalue weighted by Crippen LogP contribution is -2.32. The summed E-state index contributed by atoms with van der Waals surface area (Å²) in [5, 5.41) is 5.58. The fourth-order valence-electron chi connectivity index (χ4n) is 2.21. The molecule has 1 fully saturated rings. The van der Waals surface area contributed by atoms with E-state index in [2.05, 4.69) is 53.3 Å². The zero-order valence-electron chi connectivity index (χ0n) is 9.85. The maximum atomic E-state index is 4.65. The van der Waals surface area contributed by atoms with Crippen molar-refractivity contribution < 1.29 is 0 Å². The molecule has 0 amide bonds. The predicted molar refractivity (Wildman–Crippen MR) is 76.8 cm³/mol. The highest BCUT2D eigenvalue weighted by Crippen LogP contribution is 2.27. The minimum Gasteiger partial charge on any atom is -0.307 e. The van der Waals surface area contributed by atoms with Crippen LogP contribution in [0.4, 0.5) is 0 Å². The number of fused-ring (bicyclic) bond motifs is 1. The lowest BCUT2D eigenvalue weighted by Gasteiger charge is -2.15. The monoisotopic (exact) mass is 264 g/mol. The molecule has 2 nitrogen and oxygen atoms in total. The number of aromatic nitrogens is 1. The zero-order valence-corrected chi connectivity index (χ0v) is 11.5. The zero-order chi connectivity index (χ0) is 11.7. The van der Waals surface area contributed by atoms with Gasteiger partial charge in [-0.25, -0.2) is 4.98 Å². The molecule has 17 heavy (non-hydrogen) atoms. The molecule has 0 aliphatic carbocycles. The lowest BCUT2D eigenvalue weighted by molar-refractivity contribution is 0.512. The summed E-state index contributed by atoms with van der Waals surface area (Å²) in [6, 6.07) is 9.02. The minimum atomic E-state index is 0.659. The summed E-state index contributed by atoms with van der Waals surface area (Å²) >= 11 is 3.87. The molecule has 1 aromatic carbocycles. The average Bonchev–Trinajstić information content (AvgIpc) is 2.92. The van der Waals surface area contributed by atoms with Gasteiger partial charge in [-0.15, -0.1) is 11.3 Å². The van der Waals surface area contributed by atoms with Crippen LogP contribution in [0.25, 0.3) is 10.2 Å². The molecule has 0 saturated carbocycles. The Bertz CT molecular complexity index is 476. The van der Waals surface area contributed by atoms with Gasteiger partial charge >= 0.3 is 0 Å². The van der Waals surface area contributed by atoms with Gasteiger partial charge in [0, 0.05) is 17.8 Å². The molecule has 2 atom stereocenters. The Kier molecular flexibility index (Phi) is 3.36. The molecule has 2 heterocycles. The van der Waals surface area contributed by atoms with Crippen LogP contribution in [-0.4, -0.2) is 22.0 Å². The van der Waals surface area contributed by atoms with Gasteiger partial charge < -0.3 is 5.32 Å². The number of hydrogen-bond donors (Lipinski definition) is 1. The van der Waals surface area contributed by atoms with Gasteiger partial charge in [-0.2, -0.15) is 11.8 Å². The van der Waals surface area contributed by atoms with Crippen LogP contribution in [0.3, 0.4) is 0 Å². The van der Waals surface area contributed by atoms with Gasteiger partial charge in [0.1, 0.15) is 5.01 Å². The number of thiazole rings is 1. The van der Waals surface area contributed by atoms with Crippen molar-refractivity contribution >= 4 is 33.3 Å². The Morgan fingerprint density at radius 3 is 3.06 bits per heavy atom. The molecule has 1 aromatic heterocycles. The first-order valence-corrected chi connectivity index (χ1v) is 7.89. The number of hydrogen-bond acceptors (Lipinski definition) is 4. The summed E-state index contributed by atoms with van der Waals surface area (Å²) in [6.07, 6.45) is 1.29. The third-order valence-corrected chi connectivity index (χ3v) is 5.59. The molecule has 0 bridgehead atoms. The maximum Gasteiger partial charge on any atom is 0.108 e. The predicted octanol–water partition coefficient (Wildman–Crippen LogP) is 3.28. The molecule has 1 N–H and O–H groups in total. The molecule has 0 radical (unpaired) electrons. The second-order valence-corrected chi connectivity index (χ2v) is 7.03. The molecule has 2 aromatic rings. The summed E-state index contributed by atoms with van der Waals surface area (Å²) in [5.74, 6) is 1.29. The average molecular weight is 264 g/mol. The van der Waals surface area contributed by atoms with Crippen LogP contribution in [0, 0.1) is 0 Å². The molecule has 1 aliphatic heterocycles. The first-order chi connectivity index (χ1) is 8.33. The van der Waals surface area contributed by atoms with Gasteiger partial charge in [-0.3, -0.25) is 0 Å². The van der Waals surface area contributed by atoms with Gasteiger partial charge in [0.05, 0.1) is 10.2 Å². The summed E-state index contributed by atoms with van der Waals surface area (Å²) < 4.78 is 1.29.